The third-order valence-corrected chi connectivity index (χ3v) is 7.58. The Kier molecular flexibility index (Phi) is 4.65. The maximum atomic E-state index is 13.0. The van der Waals surface area contributed by atoms with Crippen LogP contribution in [0.1, 0.15) is 30.4 Å². The smallest absolute Gasteiger partial charge is 0.337 e. The van der Waals surface area contributed by atoms with E-state index in [1.807, 2.05) is 55.5 Å². The van der Waals surface area contributed by atoms with Crippen LogP contribution in [-0.4, -0.2) is 17.5 Å². The van der Waals surface area contributed by atoms with Gasteiger partial charge < -0.3 is 4.74 Å². The molecule has 2 atom stereocenters. The maximum Gasteiger partial charge on any atom is 0.337 e. The number of benzene rings is 2. The molecule has 2 aliphatic heterocycles. The normalized spacial score (nSPS) is 26.6. The highest BCUT2D eigenvalue weighted by atomic mass is 32.2. The molecular formula is C21H20O2S2. The van der Waals surface area contributed by atoms with Gasteiger partial charge in [-0.2, -0.15) is 0 Å². The van der Waals surface area contributed by atoms with E-state index in [1.54, 1.807) is 23.5 Å². The lowest BCUT2D eigenvalue weighted by Crippen LogP contribution is -2.38. The van der Waals surface area contributed by atoms with Gasteiger partial charge in [0.15, 0.2) is 0 Å². The van der Waals surface area contributed by atoms with Crippen LogP contribution in [-0.2, 0) is 15.1 Å². The summed E-state index contributed by atoms with van der Waals surface area (Å²) in [5, 5.41) is 0. The summed E-state index contributed by atoms with van der Waals surface area (Å²) in [5.74, 6) is 2.03. The highest BCUT2D eigenvalue weighted by Gasteiger charge is 2.44. The molecule has 25 heavy (non-hydrogen) atoms. The number of rotatable bonds is 2. The molecule has 0 bridgehead atoms. The fraction of sp³-hybridized carbons (Fsp3) is 0.286. The highest BCUT2D eigenvalue weighted by Crippen LogP contribution is 2.50. The summed E-state index contributed by atoms with van der Waals surface area (Å²) in [5.41, 5.74) is 2.50. The molecule has 0 aliphatic carbocycles. The Bertz CT molecular complexity index is 793. The summed E-state index contributed by atoms with van der Waals surface area (Å²) >= 11 is 3.58. The van der Waals surface area contributed by atoms with Crippen molar-refractivity contribution in [3.63, 3.8) is 0 Å². The zero-order valence-electron chi connectivity index (χ0n) is 14.1. The summed E-state index contributed by atoms with van der Waals surface area (Å²) in [7, 11) is 0. The molecule has 2 heterocycles. The van der Waals surface area contributed by atoms with Crippen molar-refractivity contribution in [1.82, 2.24) is 0 Å². The van der Waals surface area contributed by atoms with Crippen molar-refractivity contribution in [2.24, 2.45) is 0 Å². The van der Waals surface area contributed by atoms with Gasteiger partial charge in [-0.25, -0.2) is 4.79 Å². The van der Waals surface area contributed by atoms with Crippen molar-refractivity contribution in [1.29, 1.82) is 0 Å². The van der Waals surface area contributed by atoms with E-state index in [-0.39, 0.29) is 11.9 Å². The molecule has 2 nitrogen and oxygen atoms in total. The van der Waals surface area contributed by atoms with Crippen LogP contribution in [0.4, 0.5) is 0 Å². The molecule has 0 aromatic heterocycles. The Morgan fingerprint density at radius 1 is 0.960 bits per heavy atom. The van der Waals surface area contributed by atoms with Crippen LogP contribution in [0.15, 0.2) is 70.5 Å². The second-order valence-electron chi connectivity index (χ2n) is 6.55. The molecule has 0 spiro atoms. The Labute approximate surface area is 157 Å². The SMILES string of the molecule is CC1(c2ccccc2)CC(c2ccccc2)C(=C2SCCS2)C(=O)O1. The Hall–Kier alpha value is -1.65. The molecule has 0 amide bonds. The molecular weight excluding hydrogens is 348 g/mol. The lowest BCUT2D eigenvalue weighted by molar-refractivity contribution is -0.160. The highest BCUT2D eigenvalue weighted by molar-refractivity contribution is 8.25. The second kappa shape index (κ2) is 6.93. The van der Waals surface area contributed by atoms with Gasteiger partial charge in [-0.05, 0) is 18.1 Å². The fourth-order valence-electron chi connectivity index (χ4n) is 3.56. The summed E-state index contributed by atoms with van der Waals surface area (Å²) in [6.07, 6.45) is 0.771. The largest absolute Gasteiger partial charge is 0.451 e. The number of hydrogen-bond donors (Lipinski definition) is 0. The summed E-state index contributed by atoms with van der Waals surface area (Å²) in [6.45, 7) is 2.03. The van der Waals surface area contributed by atoms with Gasteiger partial charge in [0, 0.05) is 23.8 Å². The van der Waals surface area contributed by atoms with Crippen LogP contribution in [0.2, 0.25) is 0 Å². The van der Waals surface area contributed by atoms with E-state index >= 15 is 0 Å². The van der Waals surface area contributed by atoms with Gasteiger partial charge in [0.1, 0.15) is 5.60 Å². The minimum absolute atomic E-state index is 0.0701. The molecule has 2 unspecified atom stereocenters. The predicted molar refractivity (Wildman–Crippen MR) is 106 cm³/mol. The van der Waals surface area contributed by atoms with Crippen molar-refractivity contribution >= 4 is 29.5 Å². The van der Waals surface area contributed by atoms with Crippen LogP contribution in [0.3, 0.4) is 0 Å². The van der Waals surface area contributed by atoms with Gasteiger partial charge in [-0.1, -0.05) is 60.7 Å². The van der Waals surface area contributed by atoms with Gasteiger partial charge in [0.25, 0.3) is 0 Å². The first-order valence-corrected chi connectivity index (χ1v) is 10.5. The molecule has 0 saturated carbocycles. The Morgan fingerprint density at radius 2 is 1.56 bits per heavy atom. The van der Waals surface area contributed by atoms with Gasteiger partial charge >= 0.3 is 5.97 Å². The minimum atomic E-state index is -0.600. The van der Waals surface area contributed by atoms with Crippen LogP contribution in [0.25, 0.3) is 0 Å². The zero-order chi connectivity index (χ0) is 17.3. The minimum Gasteiger partial charge on any atom is -0.451 e. The average Bonchev–Trinajstić information content (AvgIpc) is 3.17. The molecule has 4 heteroatoms. The van der Waals surface area contributed by atoms with Crippen molar-refractivity contribution in [2.45, 2.75) is 24.9 Å². The molecule has 0 N–H and O–H groups in total. The number of hydrogen-bond acceptors (Lipinski definition) is 4. The predicted octanol–water partition coefficient (Wildman–Crippen LogP) is 5.32. The Balaban J connectivity index is 1.80. The number of esters is 1. The number of ether oxygens (including phenoxy) is 1. The quantitative estimate of drug-likeness (QED) is 0.529. The van der Waals surface area contributed by atoms with E-state index in [2.05, 4.69) is 12.1 Å². The third-order valence-electron chi connectivity index (χ3n) is 4.84. The Morgan fingerprint density at radius 3 is 2.20 bits per heavy atom. The van der Waals surface area contributed by atoms with E-state index in [0.29, 0.717) is 0 Å². The topological polar surface area (TPSA) is 26.3 Å². The third kappa shape index (κ3) is 3.25. The van der Waals surface area contributed by atoms with Crippen molar-refractivity contribution in [3.8, 4) is 0 Å². The number of carbonyl (C=O) groups is 1. The molecule has 2 aromatic carbocycles. The van der Waals surface area contributed by atoms with Gasteiger partial charge in [-0.3, -0.25) is 0 Å². The standard InChI is InChI=1S/C21H20O2S2/c1-21(16-10-6-3-7-11-16)14-17(15-8-4-2-5-9-15)18(19(22)23-21)20-24-12-13-25-20/h2-11,17H,12-14H2,1H3. The molecule has 2 saturated heterocycles. The van der Waals surface area contributed by atoms with E-state index in [1.165, 1.54) is 5.56 Å². The number of cyclic esters (lactones) is 1. The molecule has 128 valence electrons. The lowest BCUT2D eigenvalue weighted by atomic mass is 9.77. The van der Waals surface area contributed by atoms with E-state index < -0.39 is 5.60 Å². The van der Waals surface area contributed by atoms with Crippen molar-refractivity contribution in [2.75, 3.05) is 11.5 Å². The van der Waals surface area contributed by atoms with Gasteiger partial charge in [0.05, 0.1) is 9.81 Å². The van der Waals surface area contributed by atoms with Crippen molar-refractivity contribution < 1.29 is 9.53 Å². The van der Waals surface area contributed by atoms with E-state index in [0.717, 1.165) is 33.3 Å². The van der Waals surface area contributed by atoms with Crippen molar-refractivity contribution in [3.05, 3.63) is 81.6 Å². The van der Waals surface area contributed by atoms with Crippen LogP contribution in [0, 0.1) is 0 Å². The van der Waals surface area contributed by atoms with Crippen LogP contribution >= 0.6 is 23.5 Å². The first-order valence-electron chi connectivity index (χ1n) is 8.51. The second-order valence-corrected chi connectivity index (χ2v) is 9.02. The van der Waals surface area contributed by atoms with Crippen LogP contribution in [0.5, 0.6) is 0 Å². The van der Waals surface area contributed by atoms with Crippen LogP contribution < -0.4 is 0 Å². The van der Waals surface area contributed by atoms with E-state index in [4.69, 9.17) is 4.74 Å². The maximum absolute atomic E-state index is 13.0. The summed E-state index contributed by atoms with van der Waals surface area (Å²) in [6, 6.07) is 20.5. The molecule has 2 aromatic rings. The first-order chi connectivity index (χ1) is 12.2. The molecule has 2 aliphatic rings. The number of carbonyl (C=O) groups excluding carboxylic acids is 1. The van der Waals surface area contributed by atoms with Gasteiger partial charge in [-0.15, -0.1) is 23.5 Å². The summed E-state index contributed by atoms with van der Waals surface area (Å²) < 4.78 is 7.16. The van der Waals surface area contributed by atoms with Gasteiger partial charge in [0.2, 0.25) is 0 Å². The fourth-order valence-corrected chi connectivity index (χ4v) is 6.20. The summed E-state index contributed by atoms with van der Waals surface area (Å²) in [4.78, 5) is 13.0. The number of thioether (sulfide) groups is 2. The molecule has 2 fully saturated rings. The molecule has 4 rings (SSSR count). The molecule has 0 radical (unpaired) electrons. The first kappa shape index (κ1) is 16.8. The zero-order valence-corrected chi connectivity index (χ0v) is 15.7. The van der Waals surface area contributed by atoms with E-state index in [9.17, 15) is 4.79 Å². The monoisotopic (exact) mass is 368 g/mol. The lowest BCUT2D eigenvalue weighted by Gasteiger charge is -2.40. The average molecular weight is 369 g/mol.